The van der Waals surface area contributed by atoms with Crippen LogP contribution in [0.3, 0.4) is 0 Å². The molecule has 88 valence electrons. The zero-order valence-corrected chi connectivity index (χ0v) is 10.8. The molecule has 1 aromatic heterocycles. The number of rotatable bonds is 3. The third-order valence-electron chi connectivity index (χ3n) is 3.10. The molecule has 1 heterocycles. The Morgan fingerprint density at radius 1 is 1.00 bits per heavy atom. The van der Waals surface area contributed by atoms with E-state index < -0.39 is 0 Å². The van der Waals surface area contributed by atoms with Crippen LogP contribution in [-0.2, 0) is 6.42 Å². The van der Waals surface area contributed by atoms with E-state index in [0.717, 1.165) is 6.42 Å². The maximum Gasteiger partial charge on any atom is 0.0273 e. The second-order valence-corrected chi connectivity index (χ2v) is 4.71. The van der Waals surface area contributed by atoms with Crippen LogP contribution < -0.4 is 0 Å². The van der Waals surface area contributed by atoms with E-state index in [4.69, 9.17) is 0 Å². The molecule has 1 nitrogen and oxygen atoms in total. The van der Waals surface area contributed by atoms with Crippen molar-refractivity contribution in [1.29, 1.82) is 0 Å². The molecule has 0 radical (unpaired) electrons. The predicted octanol–water partition coefficient (Wildman–Crippen LogP) is 4.43. The Kier molecular flexibility index (Phi) is 3.58. The van der Waals surface area contributed by atoms with Crippen LogP contribution in [0.5, 0.6) is 0 Å². The summed E-state index contributed by atoms with van der Waals surface area (Å²) in [6, 6.07) is 11.0. The van der Waals surface area contributed by atoms with Gasteiger partial charge in [0.15, 0.2) is 0 Å². The molecule has 0 aliphatic heterocycles. The number of aryl methyl sites for hydroxylation is 1. The third kappa shape index (κ3) is 2.73. The monoisotopic (exact) mass is 225 g/mol. The topological polar surface area (TPSA) is 12.9 Å². The van der Waals surface area contributed by atoms with Gasteiger partial charge in [-0.05, 0) is 46.7 Å². The van der Waals surface area contributed by atoms with Gasteiger partial charge in [-0.1, -0.05) is 39.0 Å². The van der Waals surface area contributed by atoms with Crippen LogP contribution in [0.25, 0.3) is 11.1 Å². The van der Waals surface area contributed by atoms with E-state index >= 15 is 0 Å². The lowest BCUT2D eigenvalue weighted by Crippen LogP contribution is -1.92. The SMILES string of the molecule is CCc1cc(-c2ccncc2)cc(C(C)C)c1. The zero-order chi connectivity index (χ0) is 12.3. The van der Waals surface area contributed by atoms with E-state index in [1.165, 1.54) is 22.3 Å². The summed E-state index contributed by atoms with van der Waals surface area (Å²) >= 11 is 0. The Balaban J connectivity index is 2.50. The molecule has 0 N–H and O–H groups in total. The lowest BCUT2D eigenvalue weighted by Gasteiger charge is -2.11. The molecule has 0 saturated carbocycles. The molecule has 2 aromatic rings. The molecule has 2 rings (SSSR count). The number of nitrogens with zero attached hydrogens (tertiary/aromatic N) is 1. The highest BCUT2D eigenvalue weighted by atomic mass is 14.6. The summed E-state index contributed by atoms with van der Waals surface area (Å²) in [5.74, 6) is 0.571. The Morgan fingerprint density at radius 3 is 2.29 bits per heavy atom. The van der Waals surface area contributed by atoms with Crippen LogP contribution in [0.1, 0.15) is 37.8 Å². The van der Waals surface area contributed by atoms with Crippen LogP contribution in [0.2, 0.25) is 0 Å². The van der Waals surface area contributed by atoms with Crippen molar-refractivity contribution in [3.8, 4) is 11.1 Å². The standard InChI is InChI=1S/C16H19N/c1-4-13-9-15(12(2)3)11-16(10-13)14-5-7-17-8-6-14/h5-12H,4H2,1-3H3. The molecular weight excluding hydrogens is 206 g/mol. The Morgan fingerprint density at radius 2 is 1.71 bits per heavy atom. The summed E-state index contributed by atoms with van der Waals surface area (Å²) in [6.07, 6.45) is 4.78. The van der Waals surface area contributed by atoms with Gasteiger partial charge in [-0.25, -0.2) is 0 Å². The van der Waals surface area contributed by atoms with Crippen molar-refractivity contribution in [1.82, 2.24) is 4.98 Å². The number of hydrogen-bond acceptors (Lipinski definition) is 1. The molecule has 0 bridgehead atoms. The third-order valence-corrected chi connectivity index (χ3v) is 3.10. The summed E-state index contributed by atoms with van der Waals surface area (Å²) < 4.78 is 0. The molecule has 1 aromatic carbocycles. The fraction of sp³-hybridized carbons (Fsp3) is 0.312. The van der Waals surface area contributed by atoms with Gasteiger partial charge in [0.25, 0.3) is 0 Å². The van der Waals surface area contributed by atoms with Gasteiger partial charge in [0.05, 0.1) is 0 Å². The molecule has 0 fully saturated rings. The second kappa shape index (κ2) is 5.13. The average Bonchev–Trinajstić information content (AvgIpc) is 2.39. The van der Waals surface area contributed by atoms with Gasteiger partial charge in [0.1, 0.15) is 0 Å². The van der Waals surface area contributed by atoms with Crippen molar-refractivity contribution in [3.05, 3.63) is 53.9 Å². The van der Waals surface area contributed by atoms with Crippen LogP contribution in [0.15, 0.2) is 42.7 Å². The fourth-order valence-electron chi connectivity index (χ4n) is 1.97. The largest absolute Gasteiger partial charge is 0.265 e. The van der Waals surface area contributed by atoms with Crippen LogP contribution in [-0.4, -0.2) is 4.98 Å². The highest BCUT2D eigenvalue weighted by molar-refractivity contribution is 5.64. The summed E-state index contributed by atoms with van der Waals surface area (Å²) in [4.78, 5) is 4.07. The van der Waals surface area contributed by atoms with Crippen LogP contribution in [0.4, 0.5) is 0 Å². The Labute approximate surface area is 104 Å². The van der Waals surface area contributed by atoms with Crippen LogP contribution in [0, 0.1) is 0 Å². The van der Waals surface area contributed by atoms with Crippen molar-refractivity contribution in [3.63, 3.8) is 0 Å². The number of hydrogen-bond donors (Lipinski definition) is 0. The molecule has 0 spiro atoms. The van der Waals surface area contributed by atoms with Crippen molar-refractivity contribution in [2.75, 3.05) is 0 Å². The lowest BCUT2D eigenvalue weighted by molar-refractivity contribution is 0.863. The first kappa shape index (κ1) is 11.8. The number of pyridine rings is 1. The van der Waals surface area contributed by atoms with Crippen molar-refractivity contribution in [2.45, 2.75) is 33.1 Å². The molecule has 0 amide bonds. The predicted molar refractivity (Wildman–Crippen MR) is 73.1 cm³/mol. The molecular formula is C16H19N. The first-order valence-electron chi connectivity index (χ1n) is 6.25. The van der Waals surface area contributed by atoms with Crippen molar-refractivity contribution in [2.24, 2.45) is 0 Å². The summed E-state index contributed by atoms with van der Waals surface area (Å²) in [6.45, 7) is 6.69. The summed E-state index contributed by atoms with van der Waals surface area (Å²) in [5.41, 5.74) is 5.37. The van der Waals surface area contributed by atoms with E-state index in [-0.39, 0.29) is 0 Å². The normalized spacial score (nSPS) is 10.8. The summed E-state index contributed by atoms with van der Waals surface area (Å²) in [7, 11) is 0. The minimum atomic E-state index is 0.571. The van der Waals surface area contributed by atoms with E-state index in [2.05, 4.69) is 56.1 Å². The van der Waals surface area contributed by atoms with Gasteiger partial charge in [-0.3, -0.25) is 4.98 Å². The number of aromatic nitrogens is 1. The van der Waals surface area contributed by atoms with Crippen molar-refractivity contribution < 1.29 is 0 Å². The fourth-order valence-corrected chi connectivity index (χ4v) is 1.97. The first-order valence-corrected chi connectivity index (χ1v) is 6.25. The molecule has 0 unspecified atom stereocenters. The van der Waals surface area contributed by atoms with Gasteiger partial charge in [-0.2, -0.15) is 0 Å². The maximum absolute atomic E-state index is 4.07. The van der Waals surface area contributed by atoms with Gasteiger partial charge in [0.2, 0.25) is 0 Å². The van der Waals surface area contributed by atoms with Crippen LogP contribution >= 0.6 is 0 Å². The minimum Gasteiger partial charge on any atom is -0.265 e. The highest BCUT2D eigenvalue weighted by Crippen LogP contribution is 2.25. The molecule has 0 atom stereocenters. The average molecular weight is 225 g/mol. The smallest absolute Gasteiger partial charge is 0.0273 e. The summed E-state index contributed by atoms with van der Waals surface area (Å²) in [5, 5.41) is 0. The maximum atomic E-state index is 4.07. The highest BCUT2D eigenvalue weighted by Gasteiger charge is 2.05. The minimum absolute atomic E-state index is 0.571. The quantitative estimate of drug-likeness (QED) is 0.752. The van der Waals surface area contributed by atoms with Gasteiger partial charge >= 0.3 is 0 Å². The van der Waals surface area contributed by atoms with E-state index in [1.54, 1.807) is 0 Å². The molecule has 0 aliphatic carbocycles. The van der Waals surface area contributed by atoms with E-state index in [9.17, 15) is 0 Å². The van der Waals surface area contributed by atoms with Gasteiger partial charge in [0, 0.05) is 12.4 Å². The zero-order valence-electron chi connectivity index (χ0n) is 10.8. The molecule has 1 heteroatoms. The Hall–Kier alpha value is -1.63. The molecule has 17 heavy (non-hydrogen) atoms. The van der Waals surface area contributed by atoms with Crippen molar-refractivity contribution >= 4 is 0 Å². The second-order valence-electron chi connectivity index (χ2n) is 4.71. The molecule has 0 aliphatic rings. The Bertz CT molecular complexity index is 486. The van der Waals surface area contributed by atoms with E-state index in [0.29, 0.717) is 5.92 Å². The first-order chi connectivity index (χ1) is 8.20. The van der Waals surface area contributed by atoms with Gasteiger partial charge in [-0.15, -0.1) is 0 Å². The molecule has 0 saturated heterocycles. The lowest BCUT2D eigenvalue weighted by atomic mass is 9.94. The number of benzene rings is 1. The van der Waals surface area contributed by atoms with E-state index in [1.807, 2.05) is 12.4 Å². The van der Waals surface area contributed by atoms with Gasteiger partial charge < -0.3 is 0 Å².